The first kappa shape index (κ1) is 13.1. The van der Waals surface area contributed by atoms with Crippen LogP contribution in [0.25, 0.3) is 0 Å². The number of carbonyl (C=O) groups excluding carboxylic acids is 1. The van der Waals surface area contributed by atoms with Gasteiger partial charge in [-0.2, -0.15) is 5.26 Å². The highest BCUT2D eigenvalue weighted by molar-refractivity contribution is 5.93. The summed E-state index contributed by atoms with van der Waals surface area (Å²) in [6.07, 6.45) is -2.93. The lowest BCUT2D eigenvalue weighted by atomic mass is 9.98. The summed E-state index contributed by atoms with van der Waals surface area (Å²) < 4.78 is 29.9. The maximum Gasteiger partial charge on any atom is 0.338 e. The van der Waals surface area contributed by atoms with Crippen molar-refractivity contribution < 1.29 is 23.4 Å². The number of nitriles is 1. The van der Waals surface area contributed by atoms with E-state index in [4.69, 9.17) is 10.4 Å². The summed E-state index contributed by atoms with van der Waals surface area (Å²) in [5.41, 5.74) is -1.09. The predicted molar refractivity (Wildman–Crippen MR) is 53.4 cm³/mol. The molecule has 6 heteroatoms. The van der Waals surface area contributed by atoms with Crippen LogP contribution in [-0.4, -0.2) is 18.2 Å². The van der Waals surface area contributed by atoms with E-state index in [1.165, 1.54) is 6.07 Å². The first-order valence-corrected chi connectivity index (χ1v) is 4.59. The van der Waals surface area contributed by atoms with Crippen LogP contribution in [0.5, 0.6) is 0 Å². The van der Waals surface area contributed by atoms with Crippen LogP contribution in [0.15, 0.2) is 12.1 Å². The second kappa shape index (κ2) is 5.37. The molecule has 0 saturated heterocycles. The number of methoxy groups -OCH3 is 1. The third-order valence-electron chi connectivity index (χ3n) is 2.17. The molecule has 17 heavy (non-hydrogen) atoms. The van der Waals surface area contributed by atoms with E-state index in [1.807, 2.05) is 0 Å². The Morgan fingerprint density at radius 3 is 2.65 bits per heavy atom. The number of hydrogen-bond acceptors (Lipinski definition) is 4. The van der Waals surface area contributed by atoms with Gasteiger partial charge in [0.2, 0.25) is 0 Å². The SMILES string of the molecule is COC(=O)c1c(CO)cc(C#N)cc1C(F)F. The molecule has 1 N–H and O–H groups in total. The van der Waals surface area contributed by atoms with Crippen LogP contribution in [0, 0.1) is 11.3 Å². The minimum absolute atomic E-state index is 0.0444. The van der Waals surface area contributed by atoms with Gasteiger partial charge in [0.25, 0.3) is 6.43 Å². The summed E-state index contributed by atoms with van der Waals surface area (Å²) in [5, 5.41) is 17.7. The highest BCUT2D eigenvalue weighted by atomic mass is 19.3. The van der Waals surface area contributed by atoms with E-state index in [9.17, 15) is 13.6 Å². The molecule has 1 aromatic rings. The van der Waals surface area contributed by atoms with Crippen LogP contribution in [-0.2, 0) is 11.3 Å². The quantitative estimate of drug-likeness (QED) is 0.819. The molecule has 1 rings (SSSR count). The largest absolute Gasteiger partial charge is 0.465 e. The second-order valence-corrected chi connectivity index (χ2v) is 3.16. The number of hydrogen-bond donors (Lipinski definition) is 1. The van der Waals surface area contributed by atoms with Gasteiger partial charge < -0.3 is 9.84 Å². The van der Waals surface area contributed by atoms with Crippen molar-refractivity contribution in [3.05, 3.63) is 34.4 Å². The lowest BCUT2D eigenvalue weighted by molar-refractivity contribution is 0.0585. The fraction of sp³-hybridized carbons (Fsp3) is 0.273. The zero-order valence-corrected chi connectivity index (χ0v) is 8.91. The van der Waals surface area contributed by atoms with Crippen molar-refractivity contribution in [3.63, 3.8) is 0 Å². The third-order valence-corrected chi connectivity index (χ3v) is 2.17. The predicted octanol–water partition coefficient (Wildman–Crippen LogP) is 1.77. The highest BCUT2D eigenvalue weighted by Gasteiger charge is 2.23. The van der Waals surface area contributed by atoms with Crippen LogP contribution in [0.4, 0.5) is 8.78 Å². The molecule has 0 heterocycles. The number of aliphatic hydroxyl groups is 1. The van der Waals surface area contributed by atoms with Gasteiger partial charge in [-0.15, -0.1) is 0 Å². The fourth-order valence-corrected chi connectivity index (χ4v) is 1.44. The topological polar surface area (TPSA) is 70.3 Å². The zero-order valence-electron chi connectivity index (χ0n) is 8.91. The van der Waals surface area contributed by atoms with Gasteiger partial charge in [0.1, 0.15) is 0 Å². The maximum atomic E-state index is 12.8. The number of aliphatic hydroxyl groups excluding tert-OH is 1. The Hall–Kier alpha value is -2.00. The van der Waals surface area contributed by atoms with E-state index in [-0.39, 0.29) is 16.7 Å². The van der Waals surface area contributed by atoms with Gasteiger partial charge in [0, 0.05) is 5.56 Å². The number of alkyl halides is 2. The standard InChI is InChI=1S/C11H9F2NO3/c1-17-11(16)9-7(5-15)2-6(4-14)3-8(9)10(12)13/h2-3,10,15H,5H2,1H3. The van der Waals surface area contributed by atoms with Gasteiger partial charge in [-0.1, -0.05) is 0 Å². The Morgan fingerprint density at radius 2 is 2.24 bits per heavy atom. The zero-order chi connectivity index (χ0) is 13.0. The molecule has 1 aromatic carbocycles. The van der Waals surface area contributed by atoms with Gasteiger partial charge in [0.15, 0.2) is 0 Å². The lowest BCUT2D eigenvalue weighted by Crippen LogP contribution is -2.11. The molecule has 0 saturated carbocycles. The first-order valence-electron chi connectivity index (χ1n) is 4.59. The molecule has 0 unspecified atom stereocenters. The van der Waals surface area contributed by atoms with E-state index >= 15 is 0 Å². The average molecular weight is 241 g/mol. The van der Waals surface area contributed by atoms with E-state index in [0.29, 0.717) is 0 Å². The van der Waals surface area contributed by atoms with Crippen molar-refractivity contribution in [2.75, 3.05) is 7.11 Å². The molecule has 90 valence electrons. The van der Waals surface area contributed by atoms with Crippen molar-refractivity contribution in [2.24, 2.45) is 0 Å². The molecular weight excluding hydrogens is 232 g/mol. The van der Waals surface area contributed by atoms with E-state index in [2.05, 4.69) is 4.74 Å². The van der Waals surface area contributed by atoms with Crippen LogP contribution >= 0.6 is 0 Å². The normalized spacial score (nSPS) is 10.1. The van der Waals surface area contributed by atoms with Gasteiger partial charge >= 0.3 is 5.97 Å². The minimum Gasteiger partial charge on any atom is -0.465 e. The number of benzene rings is 1. The van der Waals surface area contributed by atoms with Crippen molar-refractivity contribution in [1.82, 2.24) is 0 Å². The Kier molecular flexibility index (Phi) is 4.12. The first-order chi connectivity index (χ1) is 8.04. The number of nitrogens with zero attached hydrogens (tertiary/aromatic N) is 1. The smallest absolute Gasteiger partial charge is 0.338 e. The Morgan fingerprint density at radius 1 is 1.59 bits per heavy atom. The lowest BCUT2D eigenvalue weighted by Gasteiger charge is -2.11. The summed E-state index contributed by atoms with van der Waals surface area (Å²) in [7, 11) is 1.05. The van der Waals surface area contributed by atoms with E-state index in [0.717, 1.165) is 13.2 Å². The number of halogens is 2. The molecule has 0 atom stereocenters. The maximum absolute atomic E-state index is 12.8. The van der Waals surface area contributed by atoms with Gasteiger partial charge in [-0.3, -0.25) is 0 Å². The monoisotopic (exact) mass is 241 g/mol. The Bertz CT molecular complexity index is 480. The molecule has 0 aromatic heterocycles. The molecule has 0 amide bonds. The number of ether oxygens (including phenoxy) is 1. The molecule has 0 aliphatic rings. The minimum atomic E-state index is -2.93. The van der Waals surface area contributed by atoms with Crippen LogP contribution in [0.1, 0.15) is 33.5 Å². The molecular formula is C11H9F2NO3. The van der Waals surface area contributed by atoms with Crippen LogP contribution in [0.2, 0.25) is 0 Å². The van der Waals surface area contributed by atoms with Crippen molar-refractivity contribution in [2.45, 2.75) is 13.0 Å². The van der Waals surface area contributed by atoms with Crippen LogP contribution < -0.4 is 0 Å². The van der Waals surface area contributed by atoms with Crippen molar-refractivity contribution >= 4 is 5.97 Å². The average Bonchev–Trinajstić information content (AvgIpc) is 2.35. The summed E-state index contributed by atoms with van der Waals surface area (Å²) >= 11 is 0. The molecule has 0 aliphatic carbocycles. The third kappa shape index (κ3) is 2.57. The molecule has 0 aliphatic heterocycles. The van der Waals surface area contributed by atoms with Crippen molar-refractivity contribution in [1.29, 1.82) is 5.26 Å². The molecule has 0 spiro atoms. The second-order valence-electron chi connectivity index (χ2n) is 3.16. The van der Waals surface area contributed by atoms with E-state index < -0.39 is 24.6 Å². The Labute approximate surface area is 96.0 Å². The molecule has 0 fully saturated rings. The summed E-state index contributed by atoms with van der Waals surface area (Å²) in [6.45, 7) is -0.625. The molecule has 0 radical (unpaired) electrons. The van der Waals surface area contributed by atoms with Gasteiger partial charge in [-0.25, -0.2) is 13.6 Å². The molecule has 0 bridgehead atoms. The summed E-state index contributed by atoms with van der Waals surface area (Å²) in [5.74, 6) is -0.964. The summed E-state index contributed by atoms with van der Waals surface area (Å²) in [6, 6.07) is 3.78. The number of esters is 1. The van der Waals surface area contributed by atoms with E-state index in [1.54, 1.807) is 6.07 Å². The van der Waals surface area contributed by atoms with Crippen LogP contribution in [0.3, 0.4) is 0 Å². The Balaban J connectivity index is 3.53. The molecule has 4 nitrogen and oxygen atoms in total. The van der Waals surface area contributed by atoms with Gasteiger partial charge in [0.05, 0.1) is 30.9 Å². The van der Waals surface area contributed by atoms with Gasteiger partial charge in [-0.05, 0) is 17.7 Å². The number of carbonyl (C=O) groups is 1. The number of rotatable bonds is 3. The fourth-order valence-electron chi connectivity index (χ4n) is 1.44. The summed E-state index contributed by atoms with van der Waals surface area (Å²) in [4.78, 5) is 11.4. The highest BCUT2D eigenvalue weighted by Crippen LogP contribution is 2.28. The van der Waals surface area contributed by atoms with Crippen molar-refractivity contribution in [3.8, 4) is 6.07 Å².